The van der Waals surface area contributed by atoms with Crippen molar-refractivity contribution in [2.75, 3.05) is 18.0 Å². The van der Waals surface area contributed by atoms with E-state index in [1.165, 1.54) is 12.5 Å². The van der Waals surface area contributed by atoms with Gasteiger partial charge in [-0.15, -0.1) is 0 Å². The van der Waals surface area contributed by atoms with Crippen molar-refractivity contribution in [3.8, 4) is 0 Å². The Morgan fingerprint density at radius 3 is 2.45 bits per heavy atom. The van der Waals surface area contributed by atoms with Crippen molar-refractivity contribution in [2.45, 2.75) is 73.8 Å². The molecule has 1 aliphatic heterocycles. The molecule has 0 aliphatic carbocycles. The van der Waals surface area contributed by atoms with E-state index < -0.39 is 0 Å². The zero-order valence-electron chi connectivity index (χ0n) is 20.3. The molecule has 31 heavy (non-hydrogen) atoms. The first-order chi connectivity index (χ1) is 14.5. The summed E-state index contributed by atoms with van der Waals surface area (Å²) in [5.41, 5.74) is 4.79. The second-order valence-electron chi connectivity index (χ2n) is 9.63. The van der Waals surface area contributed by atoms with E-state index in [9.17, 15) is 9.59 Å². The van der Waals surface area contributed by atoms with Gasteiger partial charge in [-0.3, -0.25) is 14.6 Å². The van der Waals surface area contributed by atoms with Crippen LogP contribution in [0.5, 0.6) is 0 Å². The predicted octanol–water partition coefficient (Wildman–Crippen LogP) is 4.37. The number of allylic oxidation sites excluding steroid dienone is 1. The van der Waals surface area contributed by atoms with Crippen molar-refractivity contribution in [1.29, 1.82) is 0 Å². The molecule has 2 amide bonds. The highest BCUT2D eigenvalue weighted by Crippen LogP contribution is 2.33. The molecule has 0 aromatic heterocycles. The van der Waals surface area contributed by atoms with Gasteiger partial charge in [-0.05, 0) is 43.5 Å². The summed E-state index contributed by atoms with van der Waals surface area (Å²) in [7, 11) is 0. The van der Waals surface area contributed by atoms with Gasteiger partial charge in [0.15, 0.2) is 0 Å². The Hall–Kier alpha value is -2.63. The molecule has 0 bridgehead atoms. The number of carbonyl (C=O) groups is 2. The molecule has 6 heteroatoms. The van der Waals surface area contributed by atoms with Gasteiger partial charge in [-0.1, -0.05) is 58.7 Å². The minimum Gasteiger partial charge on any atom is -0.385 e. The van der Waals surface area contributed by atoms with Gasteiger partial charge in [-0.25, -0.2) is 0 Å². The Morgan fingerprint density at radius 2 is 1.90 bits per heavy atom. The van der Waals surface area contributed by atoms with Crippen molar-refractivity contribution >= 4 is 24.2 Å². The molecule has 0 saturated heterocycles. The molecule has 2 N–H and O–H groups in total. The van der Waals surface area contributed by atoms with E-state index in [1.807, 2.05) is 24.0 Å². The van der Waals surface area contributed by atoms with E-state index in [0.29, 0.717) is 12.0 Å². The maximum Gasteiger partial charge on any atom is 0.246 e. The standard InChI is InChI=1S/C20H28N4O2.C5H12/c1-5-6-17(11-21-4)23-12-18-10-16-9-14(2)7-8-19(16)24(18)20(26)13-22-15(3)25;1-5(2,3)4/h7-9,11,18,23H,4-6,10,12-13H2,1-3H3,(H,22,25);1-4H3/b17-11-;. The number of hydrogen-bond acceptors (Lipinski definition) is 4. The first-order valence-corrected chi connectivity index (χ1v) is 11.0. The number of anilines is 1. The zero-order chi connectivity index (χ0) is 23.6. The minimum absolute atomic E-state index is 0.00173. The van der Waals surface area contributed by atoms with Crippen LogP contribution in [0.25, 0.3) is 0 Å². The van der Waals surface area contributed by atoms with Crippen molar-refractivity contribution in [3.63, 3.8) is 0 Å². The maximum absolute atomic E-state index is 12.7. The van der Waals surface area contributed by atoms with Crippen LogP contribution in [0, 0.1) is 12.3 Å². The monoisotopic (exact) mass is 428 g/mol. The molecule has 1 aliphatic rings. The maximum atomic E-state index is 12.7. The van der Waals surface area contributed by atoms with Crippen LogP contribution in [-0.4, -0.2) is 37.7 Å². The minimum atomic E-state index is -0.207. The van der Waals surface area contributed by atoms with Crippen molar-refractivity contribution in [1.82, 2.24) is 10.6 Å². The second kappa shape index (κ2) is 12.3. The fourth-order valence-corrected chi connectivity index (χ4v) is 3.27. The van der Waals surface area contributed by atoms with Gasteiger partial charge >= 0.3 is 0 Å². The van der Waals surface area contributed by atoms with Gasteiger partial charge in [0.2, 0.25) is 11.8 Å². The predicted molar refractivity (Wildman–Crippen MR) is 131 cm³/mol. The lowest BCUT2D eigenvalue weighted by atomic mass is 10.0. The van der Waals surface area contributed by atoms with Gasteiger partial charge in [0, 0.05) is 31.1 Å². The third-order valence-corrected chi connectivity index (χ3v) is 4.40. The smallest absolute Gasteiger partial charge is 0.246 e. The molecule has 0 radical (unpaired) electrons. The Balaban J connectivity index is 0.000000861. The number of aryl methyl sites for hydroxylation is 1. The largest absolute Gasteiger partial charge is 0.385 e. The lowest BCUT2D eigenvalue weighted by Crippen LogP contribution is -2.47. The number of carbonyl (C=O) groups excluding carboxylic acids is 2. The van der Waals surface area contributed by atoms with Crippen molar-refractivity contribution in [2.24, 2.45) is 10.4 Å². The van der Waals surface area contributed by atoms with Crippen LogP contribution < -0.4 is 15.5 Å². The van der Waals surface area contributed by atoms with Gasteiger partial charge in [-0.2, -0.15) is 0 Å². The summed E-state index contributed by atoms with van der Waals surface area (Å²) < 4.78 is 0. The molecule has 0 saturated carbocycles. The number of amides is 2. The van der Waals surface area contributed by atoms with Crippen LogP contribution in [0.3, 0.4) is 0 Å². The van der Waals surface area contributed by atoms with Crippen LogP contribution in [0.2, 0.25) is 0 Å². The fraction of sp³-hybridized carbons (Fsp3) is 0.560. The molecule has 1 aromatic rings. The van der Waals surface area contributed by atoms with Gasteiger partial charge in [0.25, 0.3) is 0 Å². The number of hydrogen-bond donors (Lipinski definition) is 2. The van der Waals surface area contributed by atoms with Gasteiger partial charge in [0.05, 0.1) is 12.6 Å². The first-order valence-electron chi connectivity index (χ1n) is 11.0. The summed E-state index contributed by atoms with van der Waals surface area (Å²) in [5.74, 6) is -0.306. The Kier molecular flexibility index (Phi) is 10.5. The van der Waals surface area contributed by atoms with Crippen LogP contribution >= 0.6 is 0 Å². The van der Waals surface area contributed by atoms with E-state index >= 15 is 0 Å². The van der Waals surface area contributed by atoms with E-state index in [1.54, 1.807) is 6.20 Å². The number of benzene rings is 1. The second-order valence-corrected chi connectivity index (χ2v) is 9.63. The summed E-state index contributed by atoms with van der Waals surface area (Å²) in [6, 6.07) is 6.13. The number of rotatable bonds is 8. The summed E-state index contributed by atoms with van der Waals surface area (Å²) >= 11 is 0. The third kappa shape index (κ3) is 9.81. The number of nitrogens with one attached hydrogen (secondary N) is 2. The fourth-order valence-electron chi connectivity index (χ4n) is 3.27. The molecular formula is C25H40N4O2. The number of fused-ring (bicyclic) bond motifs is 1. The zero-order valence-corrected chi connectivity index (χ0v) is 20.3. The quantitative estimate of drug-likeness (QED) is 0.604. The van der Waals surface area contributed by atoms with Crippen LogP contribution in [-0.2, 0) is 16.0 Å². The summed E-state index contributed by atoms with van der Waals surface area (Å²) in [6.07, 6.45) is 4.41. The molecule has 0 spiro atoms. The molecule has 0 fully saturated rings. The third-order valence-electron chi connectivity index (χ3n) is 4.40. The highest BCUT2D eigenvalue weighted by molar-refractivity contribution is 5.99. The Labute approximate surface area is 188 Å². The Bertz CT molecular complexity index is 787. The number of nitrogens with zero attached hydrogens (tertiary/aromatic N) is 2. The van der Waals surface area contributed by atoms with E-state index in [2.05, 4.69) is 63.0 Å². The lowest BCUT2D eigenvalue weighted by molar-refractivity contribution is -0.123. The van der Waals surface area contributed by atoms with Crippen LogP contribution in [0.15, 0.2) is 35.1 Å². The highest BCUT2D eigenvalue weighted by atomic mass is 16.2. The number of aliphatic imine (C=N–C) groups is 1. The van der Waals surface area contributed by atoms with Crippen molar-refractivity contribution < 1.29 is 9.59 Å². The van der Waals surface area contributed by atoms with E-state index in [4.69, 9.17) is 0 Å². The molecule has 6 nitrogen and oxygen atoms in total. The molecular weight excluding hydrogens is 388 g/mol. The van der Waals surface area contributed by atoms with Crippen molar-refractivity contribution in [3.05, 3.63) is 41.2 Å². The molecule has 2 rings (SSSR count). The van der Waals surface area contributed by atoms with E-state index in [-0.39, 0.29) is 24.4 Å². The molecule has 1 heterocycles. The lowest BCUT2D eigenvalue weighted by Gasteiger charge is -2.27. The van der Waals surface area contributed by atoms with E-state index in [0.717, 1.165) is 36.2 Å². The average Bonchev–Trinajstić information content (AvgIpc) is 3.00. The van der Waals surface area contributed by atoms with Crippen LogP contribution in [0.1, 0.15) is 65.5 Å². The highest BCUT2D eigenvalue weighted by Gasteiger charge is 2.33. The molecule has 1 unspecified atom stereocenters. The summed E-state index contributed by atoms with van der Waals surface area (Å²) in [4.78, 5) is 29.6. The molecule has 172 valence electrons. The van der Waals surface area contributed by atoms with Gasteiger partial charge < -0.3 is 15.5 Å². The normalized spacial score (nSPS) is 15.5. The topological polar surface area (TPSA) is 73.8 Å². The SMILES string of the molecule is C=N/C=C(/CCC)NCC1Cc2cc(C)ccc2N1C(=O)CNC(C)=O.CC(C)(C)C. The van der Waals surface area contributed by atoms with Gasteiger partial charge in [0.1, 0.15) is 0 Å². The van der Waals surface area contributed by atoms with Crippen LogP contribution in [0.4, 0.5) is 5.69 Å². The summed E-state index contributed by atoms with van der Waals surface area (Å²) in [5, 5.41) is 6.01. The molecule has 1 atom stereocenters. The first kappa shape index (κ1) is 26.4. The summed E-state index contributed by atoms with van der Waals surface area (Å²) in [6.45, 7) is 18.5. The molecule has 1 aromatic carbocycles. The average molecular weight is 429 g/mol. The Morgan fingerprint density at radius 1 is 1.26 bits per heavy atom.